The van der Waals surface area contributed by atoms with Gasteiger partial charge in [0, 0.05) is 25.9 Å². The highest BCUT2D eigenvalue weighted by molar-refractivity contribution is 5.87. The van der Waals surface area contributed by atoms with Gasteiger partial charge in [-0.25, -0.2) is 0 Å². The summed E-state index contributed by atoms with van der Waals surface area (Å²) >= 11 is 0. The molecule has 26 heavy (non-hydrogen) atoms. The minimum Gasteiger partial charge on any atom is -0.351 e. The number of nitrogens with one attached hydrogen (secondary N) is 1. The maximum atomic E-state index is 12.2. The molecule has 0 spiro atoms. The Kier molecular flexibility index (Phi) is 5.15. The van der Waals surface area contributed by atoms with Gasteiger partial charge in [0.2, 0.25) is 11.8 Å². The average Bonchev–Trinajstić information content (AvgIpc) is 2.92. The highest BCUT2D eigenvalue weighted by Gasteiger charge is 2.32. The predicted molar refractivity (Wildman–Crippen MR) is 91.2 cm³/mol. The molecule has 2 amide bonds. The molecule has 0 aromatic heterocycles. The largest absolute Gasteiger partial charge is 0.389 e. The molecule has 1 fully saturated rings. The van der Waals surface area contributed by atoms with Crippen molar-refractivity contribution in [1.82, 2.24) is 10.2 Å². The van der Waals surface area contributed by atoms with Gasteiger partial charge in [-0.15, -0.1) is 0 Å². The van der Waals surface area contributed by atoms with Gasteiger partial charge in [-0.05, 0) is 16.3 Å². The Hall–Kier alpha value is -2.57. The Morgan fingerprint density at radius 3 is 2.65 bits per heavy atom. The van der Waals surface area contributed by atoms with Crippen molar-refractivity contribution in [3.8, 4) is 0 Å². The quantitative estimate of drug-likeness (QED) is 0.884. The zero-order chi connectivity index (χ0) is 18.7. The van der Waals surface area contributed by atoms with E-state index in [1.165, 1.54) is 0 Å². The summed E-state index contributed by atoms with van der Waals surface area (Å²) in [5, 5.41) is 4.67. The van der Waals surface area contributed by atoms with Crippen LogP contribution >= 0.6 is 0 Å². The fraction of sp³-hybridized carbons (Fsp3) is 0.368. The van der Waals surface area contributed by atoms with Gasteiger partial charge in [-0.2, -0.15) is 13.2 Å². The lowest BCUT2D eigenvalue weighted by Crippen LogP contribution is -2.37. The summed E-state index contributed by atoms with van der Waals surface area (Å²) in [6, 6.07) is 13.3. The first kappa shape index (κ1) is 18.2. The summed E-state index contributed by atoms with van der Waals surface area (Å²) in [6.45, 7) is 0.717. The number of alkyl halides is 3. The van der Waals surface area contributed by atoms with E-state index in [4.69, 9.17) is 0 Å². The highest BCUT2D eigenvalue weighted by Crippen LogP contribution is 2.23. The molecule has 1 saturated heterocycles. The Bertz CT molecular complexity index is 815. The number of fused-ring (bicyclic) bond motifs is 1. The number of benzene rings is 2. The second kappa shape index (κ2) is 7.35. The number of likely N-dealkylation sites (tertiary alicyclic amines) is 1. The van der Waals surface area contributed by atoms with Gasteiger partial charge in [-0.1, -0.05) is 42.5 Å². The van der Waals surface area contributed by atoms with E-state index in [0.717, 1.165) is 16.3 Å². The van der Waals surface area contributed by atoms with Crippen molar-refractivity contribution in [1.29, 1.82) is 0 Å². The van der Waals surface area contributed by atoms with E-state index < -0.39 is 31.0 Å². The lowest BCUT2D eigenvalue weighted by Gasteiger charge is -2.18. The Labute approximate surface area is 149 Å². The minimum absolute atomic E-state index is 0.112. The van der Waals surface area contributed by atoms with Crippen LogP contribution in [0.15, 0.2) is 42.5 Å². The van der Waals surface area contributed by atoms with E-state index in [-0.39, 0.29) is 12.3 Å². The Morgan fingerprint density at radius 1 is 1.15 bits per heavy atom. The third-order valence-electron chi connectivity index (χ3n) is 4.46. The van der Waals surface area contributed by atoms with E-state index in [9.17, 15) is 22.8 Å². The van der Waals surface area contributed by atoms with Crippen molar-refractivity contribution in [2.24, 2.45) is 0 Å². The monoisotopic (exact) mass is 364 g/mol. The van der Waals surface area contributed by atoms with Gasteiger partial charge in [0.05, 0.1) is 12.5 Å². The summed E-state index contributed by atoms with van der Waals surface area (Å²) in [6.07, 6.45) is -6.01. The topological polar surface area (TPSA) is 49.4 Å². The second-order valence-electron chi connectivity index (χ2n) is 6.50. The van der Waals surface area contributed by atoms with Crippen molar-refractivity contribution in [2.45, 2.75) is 38.0 Å². The van der Waals surface area contributed by atoms with Crippen LogP contribution in [0.3, 0.4) is 0 Å². The zero-order valence-electron chi connectivity index (χ0n) is 14.1. The minimum atomic E-state index is -4.36. The molecule has 0 radical (unpaired) electrons. The zero-order valence-corrected chi connectivity index (χ0v) is 14.1. The van der Waals surface area contributed by atoms with Crippen molar-refractivity contribution in [2.75, 3.05) is 6.54 Å². The van der Waals surface area contributed by atoms with E-state index in [0.29, 0.717) is 13.1 Å². The summed E-state index contributed by atoms with van der Waals surface area (Å²) in [5.41, 5.74) is 1.00. The Balaban J connectivity index is 1.60. The normalized spacial score (nSPS) is 17.7. The number of rotatable bonds is 5. The SMILES string of the molecule is O=C(CCC(F)(F)F)NC1CC(=O)N(Cc2cccc3ccccc23)C1. The number of hydrogen-bond donors (Lipinski definition) is 1. The van der Waals surface area contributed by atoms with Crippen LogP contribution in [0.5, 0.6) is 0 Å². The number of halogens is 3. The fourth-order valence-corrected chi connectivity index (χ4v) is 3.21. The lowest BCUT2D eigenvalue weighted by molar-refractivity contribution is -0.144. The van der Waals surface area contributed by atoms with Gasteiger partial charge < -0.3 is 10.2 Å². The molecule has 1 unspecified atom stereocenters. The van der Waals surface area contributed by atoms with E-state index in [1.54, 1.807) is 4.90 Å². The van der Waals surface area contributed by atoms with Gasteiger partial charge in [0.25, 0.3) is 0 Å². The van der Waals surface area contributed by atoms with Crippen molar-refractivity contribution in [3.05, 3.63) is 48.0 Å². The summed E-state index contributed by atoms with van der Waals surface area (Å²) in [7, 11) is 0. The molecule has 0 saturated carbocycles. The molecule has 7 heteroatoms. The fourth-order valence-electron chi connectivity index (χ4n) is 3.21. The molecule has 0 aliphatic carbocycles. The van der Waals surface area contributed by atoms with Crippen LogP contribution in [0.25, 0.3) is 10.8 Å². The Morgan fingerprint density at radius 2 is 1.88 bits per heavy atom. The smallest absolute Gasteiger partial charge is 0.351 e. The second-order valence-corrected chi connectivity index (χ2v) is 6.50. The molecule has 1 aliphatic heterocycles. The molecule has 4 nitrogen and oxygen atoms in total. The number of carbonyl (C=O) groups excluding carboxylic acids is 2. The van der Waals surface area contributed by atoms with Crippen LogP contribution in [-0.2, 0) is 16.1 Å². The van der Waals surface area contributed by atoms with E-state index in [1.807, 2.05) is 42.5 Å². The van der Waals surface area contributed by atoms with Crippen LogP contribution < -0.4 is 5.32 Å². The molecule has 0 bridgehead atoms. The molecule has 1 atom stereocenters. The van der Waals surface area contributed by atoms with Gasteiger partial charge >= 0.3 is 6.18 Å². The summed E-state index contributed by atoms with van der Waals surface area (Å²) < 4.78 is 36.5. The predicted octanol–water partition coefficient (Wildman–Crippen LogP) is 3.40. The molecule has 2 aromatic rings. The number of nitrogens with zero attached hydrogens (tertiary/aromatic N) is 1. The van der Waals surface area contributed by atoms with Crippen LogP contribution in [0.2, 0.25) is 0 Å². The van der Waals surface area contributed by atoms with E-state index >= 15 is 0 Å². The van der Waals surface area contributed by atoms with Gasteiger partial charge in [0.1, 0.15) is 0 Å². The molecule has 1 N–H and O–H groups in total. The molecule has 1 heterocycles. The first-order chi connectivity index (χ1) is 12.3. The van der Waals surface area contributed by atoms with Crippen molar-refractivity contribution >= 4 is 22.6 Å². The van der Waals surface area contributed by atoms with Gasteiger partial charge in [-0.3, -0.25) is 9.59 Å². The first-order valence-corrected chi connectivity index (χ1v) is 8.42. The first-order valence-electron chi connectivity index (χ1n) is 8.42. The van der Waals surface area contributed by atoms with E-state index in [2.05, 4.69) is 5.32 Å². The van der Waals surface area contributed by atoms with Crippen LogP contribution in [0, 0.1) is 0 Å². The number of hydrogen-bond acceptors (Lipinski definition) is 2. The molecule has 138 valence electrons. The molecular weight excluding hydrogens is 345 g/mol. The highest BCUT2D eigenvalue weighted by atomic mass is 19.4. The van der Waals surface area contributed by atoms with Crippen LogP contribution in [0.1, 0.15) is 24.8 Å². The lowest BCUT2D eigenvalue weighted by atomic mass is 10.0. The number of carbonyl (C=O) groups is 2. The third kappa shape index (κ3) is 4.53. The van der Waals surface area contributed by atoms with Gasteiger partial charge in [0.15, 0.2) is 0 Å². The van der Waals surface area contributed by atoms with Crippen LogP contribution in [-0.4, -0.2) is 35.5 Å². The maximum Gasteiger partial charge on any atom is 0.389 e. The summed E-state index contributed by atoms with van der Waals surface area (Å²) in [5.74, 6) is -0.786. The standard InChI is InChI=1S/C19H19F3N2O2/c20-19(21,22)9-8-17(25)23-15-10-18(26)24(12-15)11-14-6-3-5-13-4-1-2-7-16(13)14/h1-7,15H,8-12H2,(H,23,25). The van der Waals surface area contributed by atoms with Crippen LogP contribution in [0.4, 0.5) is 13.2 Å². The average molecular weight is 364 g/mol. The third-order valence-corrected chi connectivity index (χ3v) is 4.46. The molecule has 3 rings (SSSR count). The summed E-state index contributed by atoms with van der Waals surface area (Å²) in [4.78, 5) is 25.5. The van der Waals surface area contributed by atoms with Crippen molar-refractivity contribution in [3.63, 3.8) is 0 Å². The van der Waals surface area contributed by atoms with Crippen molar-refractivity contribution < 1.29 is 22.8 Å². The molecule has 1 aliphatic rings. The maximum absolute atomic E-state index is 12.2. The number of amides is 2. The molecule has 2 aromatic carbocycles. The molecular formula is C19H19F3N2O2.